The Kier molecular flexibility index (Phi) is 4.14. The van der Waals surface area contributed by atoms with Crippen LogP contribution in [0.25, 0.3) is 0 Å². The van der Waals surface area contributed by atoms with Gasteiger partial charge < -0.3 is 9.90 Å². The standard InChI is InChI=1S/C12H12F3NO3S/c1-7(10-6-19-20-16(10)11(17)18)8-2-4-9(5-3-8)12(13,14)15/h2-5,7,10H,6H2,1H3,(H,17,18)/p-1/t7-,10?/m0/s1. The number of benzene rings is 1. The number of amides is 1. The number of halogens is 3. The first-order valence-electron chi connectivity index (χ1n) is 5.77. The Labute approximate surface area is 117 Å². The minimum Gasteiger partial charge on any atom is -0.529 e. The van der Waals surface area contributed by atoms with Crippen LogP contribution >= 0.6 is 12.2 Å². The second kappa shape index (κ2) is 5.53. The lowest BCUT2D eigenvalue weighted by Crippen LogP contribution is -2.43. The molecule has 0 aliphatic carbocycles. The number of hydrogen-bond acceptors (Lipinski definition) is 4. The van der Waals surface area contributed by atoms with Gasteiger partial charge in [-0.05, 0) is 17.7 Å². The predicted octanol–water partition coefficient (Wildman–Crippen LogP) is 2.42. The van der Waals surface area contributed by atoms with Gasteiger partial charge in [0.15, 0.2) is 0 Å². The first-order chi connectivity index (χ1) is 9.30. The van der Waals surface area contributed by atoms with E-state index in [1.807, 2.05) is 0 Å². The Morgan fingerprint density at radius 2 is 2.05 bits per heavy atom. The van der Waals surface area contributed by atoms with Crippen molar-refractivity contribution in [2.45, 2.75) is 25.1 Å². The molecule has 1 heterocycles. The van der Waals surface area contributed by atoms with Crippen molar-refractivity contribution in [1.82, 2.24) is 4.31 Å². The summed E-state index contributed by atoms with van der Waals surface area (Å²) in [7, 11) is 0. The molecule has 0 bridgehead atoms. The van der Waals surface area contributed by atoms with Gasteiger partial charge in [-0.3, -0.25) is 8.49 Å². The van der Waals surface area contributed by atoms with Crippen molar-refractivity contribution in [1.29, 1.82) is 0 Å². The van der Waals surface area contributed by atoms with E-state index in [1.54, 1.807) is 6.92 Å². The number of carbonyl (C=O) groups excluding carboxylic acids is 1. The van der Waals surface area contributed by atoms with Crippen LogP contribution in [0.4, 0.5) is 18.0 Å². The van der Waals surface area contributed by atoms with E-state index in [1.165, 1.54) is 12.1 Å². The van der Waals surface area contributed by atoms with Crippen LogP contribution in [-0.4, -0.2) is 23.0 Å². The lowest BCUT2D eigenvalue weighted by Gasteiger charge is -2.27. The topological polar surface area (TPSA) is 52.6 Å². The van der Waals surface area contributed by atoms with Crippen molar-refractivity contribution in [2.75, 3.05) is 6.61 Å². The van der Waals surface area contributed by atoms with Crippen LogP contribution in [0.1, 0.15) is 24.0 Å². The first kappa shape index (κ1) is 15.0. The van der Waals surface area contributed by atoms with E-state index in [4.69, 9.17) is 4.18 Å². The highest BCUT2D eigenvalue weighted by Crippen LogP contribution is 2.35. The normalized spacial score (nSPS) is 21.0. The molecular weight excluding hydrogens is 295 g/mol. The molecule has 0 spiro atoms. The van der Waals surface area contributed by atoms with E-state index in [2.05, 4.69) is 0 Å². The van der Waals surface area contributed by atoms with Gasteiger partial charge in [-0.25, -0.2) is 0 Å². The Balaban J connectivity index is 2.17. The summed E-state index contributed by atoms with van der Waals surface area (Å²) < 4.78 is 43.4. The average Bonchev–Trinajstić information content (AvgIpc) is 2.86. The summed E-state index contributed by atoms with van der Waals surface area (Å²) in [4.78, 5) is 10.9. The van der Waals surface area contributed by atoms with Gasteiger partial charge in [0.2, 0.25) is 0 Å². The van der Waals surface area contributed by atoms with E-state index in [0.29, 0.717) is 17.8 Å². The zero-order valence-electron chi connectivity index (χ0n) is 10.4. The molecule has 1 unspecified atom stereocenters. The fourth-order valence-electron chi connectivity index (χ4n) is 1.99. The van der Waals surface area contributed by atoms with Crippen LogP contribution in [0.3, 0.4) is 0 Å². The molecule has 1 saturated heterocycles. The average molecular weight is 306 g/mol. The number of nitrogens with zero attached hydrogens (tertiary/aromatic N) is 1. The quantitative estimate of drug-likeness (QED) is 0.622. The molecule has 1 aromatic carbocycles. The third-order valence-electron chi connectivity index (χ3n) is 3.19. The van der Waals surface area contributed by atoms with E-state index < -0.39 is 23.9 Å². The van der Waals surface area contributed by atoms with Crippen molar-refractivity contribution < 1.29 is 27.3 Å². The zero-order valence-corrected chi connectivity index (χ0v) is 11.2. The van der Waals surface area contributed by atoms with Gasteiger partial charge in [-0.1, -0.05) is 19.1 Å². The Morgan fingerprint density at radius 1 is 1.45 bits per heavy atom. The highest BCUT2D eigenvalue weighted by molar-refractivity contribution is 7.93. The maximum atomic E-state index is 12.5. The van der Waals surface area contributed by atoms with Gasteiger partial charge in [-0.2, -0.15) is 13.2 Å². The van der Waals surface area contributed by atoms with E-state index in [0.717, 1.165) is 16.4 Å². The van der Waals surface area contributed by atoms with Crippen LogP contribution in [0, 0.1) is 0 Å². The Morgan fingerprint density at radius 3 is 2.55 bits per heavy atom. The fraction of sp³-hybridized carbons (Fsp3) is 0.417. The SMILES string of the molecule is C[C@@H](c1ccc(C(F)(F)F)cc1)C1COSN1C(=O)[O-]. The van der Waals surface area contributed by atoms with Gasteiger partial charge in [-0.15, -0.1) is 0 Å². The van der Waals surface area contributed by atoms with Crippen LogP contribution in [-0.2, 0) is 10.4 Å². The number of alkyl halides is 3. The van der Waals surface area contributed by atoms with Gasteiger partial charge >= 0.3 is 6.18 Å². The van der Waals surface area contributed by atoms with Crippen molar-refractivity contribution in [3.8, 4) is 0 Å². The van der Waals surface area contributed by atoms with Crippen LogP contribution in [0.15, 0.2) is 24.3 Å². The molecule has 1 aliphatic rings. The third kappa shape index (κ3) is 3.01. The van der Waals surface area contributed by atoms with E-state index in [-0.39, 0.29) is 12.5 Å². The smallest absolute Gasteiger partial charge is 0.416 e. The molecular formula is C12H11F3NO3S-. The molecule has 1 amide bonds. The summed E-state index contributed by atoms with van der Waals surface area (Å²) in [5.74, 6) is -0.301. The number of rotatable bonds is 2. The third-order valence-corrected chi connectivity index (χ3v) is 4.02. The second-order valence-corrected chi connectivity index (χ2v) is 5.20. The first-order valence-corrected chi connectivity index (χ1v) is 6.47. The van der Waals surface area contributed by atoms with Gasteiger partial charge in [0.1, 0.15) is 18.3 Å². The molecule has 0 saturated carbocycles. The molecule has 0 radical (unpaired) electrons. The van der Waals surface area contributed by atoms with E-state index >= 15 is 0 Å². The summed E-state index contributed by atoms with van der Waals surface area (Å²) in [6.45, 7) is 1.90. The summed E-state index contributed by atoms with van der Waals surface area (Å²) in [6.07, 6.45) is -5.76. The highest BCUT2D eigenvalue weighted by atomic mass is 32.2. The minimum absolute atomic E-state index is 0.167. The number of hydrogen-bond donors (Lipinski definition) is 0. The monoisotopic (exact) mass is 306 g/mol. The highest BCUT2D eigenvalue weighted by Gasteiger charge is 2.34. The molecule has 1 aromatic rings. The predicted molar refractivity (Wildman–Crippen MR) is 64.4 cm³/mol. The molecule has 2 rings (SSSR count). The largest absolute Gasteiger partial charge is 0.529 e. The number of carbonyl (C=O) groups is 1. The maximum Gasteiger partial charge on any atom is 0.416 e. The summed E-state index contributed by atoms with van der Waals surface area (Å²) in [6, 6.07) is 4.19. The van der Waals surface area contributed by atoms with Crippen molar-refractivity contribution in [2.24, 2.45) is 0 Å². The molecule has 1 fully saturated rings. The molecule has 1 aliphatic heterocycles. The molecule has 0 aromatic heterocycles. The van der Waals surface area contributed by atoms with Crippen molar-refractivity contribution in [3.63, 3.8) is 0 Å². The molecule has 8 heteroatoms. The summed E-state index contributed by atoms with van der Waals surface area (Å²) in [5, 5.41) is 10.9. The number of carboxylic acid groups (broad SMARTS) is 1. The Hall–Kier alpha value is -1.41. The molecule has 110 valence electrons. The fourth-order valence-corrected chi connectivity index (χ4v) is 2.72. The minimum atomic E-state index is -4.38. The molecule has 2 atom stereocenters. The van der Waals surface area contributed by atoms with Crippen LogP contribution in [0.5, 0.6) is 0 Å². The second-order valence-electron chi connectivity index (χ2n) is 4.43. The van der Waals surface area contributed by atoms with Gasteiger partial charge in [0.25, 0.3) is 0 Å². The molecule has 20 heavy (non-hydrogen) atoms. The lowest BCUT2D eigenvalue weighted by molar-refractivity contribution is -0.260. The Bertz CT molecular complexity index is 492. The molecule has 4 nitrogen and oxygen atoms in total. The maximum absolute atomic E-state index is 12.5. The van der Waals surface area contributed by atoms with Crippen molar-refractivity contribution >= 4 is 18.3 Å². The van der Waals surface area contributed by atoms with Crippen LogP contribution in [0.2, 0.25) is 0 Å². The van der Waals surface area contributed by atoms with Crippen LogP contribution < -0.4 is 5.11 Å². The van der Waals surface area contributed by atoms with Gasteiger partial charge in [0.05, 0.1) is 18.2 Å². The van der Waals surface area contributed by atoms with Gasteiger partial charge in [0, 0.05) is 5.92 Å². The molecule has 0 N–H and O–H groups in total. The van der Waals surface area contributed by atoms with Crippen molar-refractivity contribution in [3.05, 3.63) is 35.4 Å². The zero-order chi connectivity index (χ0) is 14.9. The summed E-state index contributed by atoms with van der Waals surface area (Å²) in [5.41, 5.74) is -0.123. The lowest BCUT2D eigenvalue weighted by atomic mass is 9.93. The summed E-state index contributed by atoms with van der Waals surface area (Å²) >= 11 is 0.680. The van der Waals surface area contributed by atoms with E-state index in [9.17, 15) is 23.1 Å².